The lowest BCUT2D eigenvalue weighted by molar-refractivity contribution is -0.120. The van der Waals surface area contributed by atoms with Crippen LogP contribution < -0.4 is 5.32 Å². The van der Waals surface area contributed by atoms with Crippen LogP contribution in [0.2, 0.25) is 0 Å². The van der Waals surface area contributed by atoms with Gasteiger partial charge in [-0.2, -0.15) is 0 Å². The predicted octanol–water partition coefficient (Wildman–Crippen LogP) is 3.12. The molecule has 3 nitrogen and oxygen atoms in total. The molecule has 0 aliphatic rings. The van der Waals surface area contributed by atoms with Gasteiger partial charge in [-0.1, -0.05) is 12.8 Å². The standard InChI is InChI=1S/C15H21F2NO2S/c16-13-6-5-12(11-14(13)17)21-10-7-15(20)18-8-3-1-2-4-9-19/h5-6,11,19H,1-4,7-10H2,(H,18,20). The number of hydrogen-bond acceptors (Lipinski definition) is 3. The summed E-state index contributed by atoms with van der Waals surface area (Å²) < 4.78 is 25.7. The second kappa shape index (κ2) is 10.6. The van der Waals surface area contributed by atoms with Crippen molar-refractivity contribution in [3.8, 4) is 0 Å². The minimum atomic E-state index is -0.868. The van der Waals surface area contributed by atoms with Crippen LogP contribution in [-0.2, 0) is 4.79 Å². The molecule has 6 heteroatoms. The maximum Gasteiger partial charge on any atom is 0.220 e. The number of aliphatic hydroxyl groups is 1. The molecule has 118 valence electrons. The summed E-state index contributed by atoms with van der Waals surface area (Å²) in [4.78, 5) is 12.2. The summed E-state index contributed by atoms with van der Waals surface area (Å²) in [5, 5.41) is 11.4. The molecule has 1 amide bonds. The van der Waals surface area contributed by atoms with E-state index in [4.69, 9.17) is 5.11 Å². The molecule has 0 unspecified atom stereocenters. The van der Waals surface area contributed by atoms with Gasteiger partial charge in [0, 0.05) is 30.2 Å². The van der Waals surface area contributed by atoms with Gasteiger partial charge < -0.3 is 10.4 Å². The van der Waals surface area contributed by atoms with Crippen LogP contribution >= 0.6 is 11.8 Å². The number of carbonyl (C=O) groups is 1. The van der Waals surface area contributed by atoms with Crippen molar-refractivity contribution in [2.24, 2.45) is 0 Å². The van der Waals surface area contributed by atoms with Crippen molar-refractivity contribution in [2.75, 3.05) is 18.9 Å². The maximum atomic E-state index is 13.0. The molecule has 0 saturated heterocycles. The smallest absolute Gasteiger partial charge is 0.220 e. The van der Waals surface area contributed by atoms with Gasteiger partial charge >= 0.3 is 0 Å². The van der Waals surface area contributed by atoms with Crippen molar-refractivity contribution >= 4 is 17.7 Å². The van der Waals surface area contributed by atoms with Crippen LogP contribution in [0.15, 0.2) is 23.1 Å². The number of halogens is 2. The van der Waals surface area contributed by atoms with Crippen LogP contribution in [-0.4, -0.2) is 29.9 Å². The average Bonchev–Trinajstić information content (AvgIpc) is 2.46. The van der Waals surface area contributed by atoms with E-state index in [1.54, 1.807) is 0 Å². The first kappa shape index (κ1) is 17.9. The molecule has 0 radical (unpaired) electrons. The molecule has 1 aromatic carbocycles. The average molecular weight is 317 g/mol. The summed E-state index contributed by atoms with van der Waals surface area (Å²) in [6.45, 7) is 0.855. The molecule has 0 bridgehead atoms. The van der Waals surface area contributed by atoms with Gasteiger partial charge in [0.25, 0.3) is 0 Å². The van der Waals surface area contributed by atoms with Gasteiger partial charge in [0.1, 0.15) is 0 Å². The van der Waals surface area contributed by atoms with E-state index in [2.05, 4.69) is 5.32 Å². The van der Waals surface area contributed by atoms with E-state index >= 15 is 0 Å². The van der Waals surface area contributed by atoms with E-state index in [0.717, 1.165) is 37.8 Å². The van der Waals surface area contributed by atoms with Crippen molar-refractivity contribution in [3.63, 3.8) is 0 Å². The minimum absolute atomic E-state index is 0.0350. The van der Waals surface area contributed by atoms with Gasteiger partial charge in [-0.05, 0) is 31.0 Å². The third-order valence-corrected chi connectivity index (χ3v) is 3.89. The molecule has 0 spiro atoms. The second-order valence-corrected chi connectivity index (χ2v) is 5.83. The number of rotatable bonds is 10. The molecule has 0 aromatic heterocycles. The fraction of sp³-hybridized carbons (Fsp3) is 0.533. The summed E-state index contributed by atoms with van der Waals surface area (Å²) in [6, 6.07) is 3.73. The van der Waals surface area contributed by atoms with Crippen LogP contribution in [0.4, 0.5) is 8.78 Å². The molecule has 0 saturated carbocycles. The Morgan fingerprint density at radius 2 is 1.90 bits per heavy atom. The highest BCUT2D eigenvalue weighted by atomic mass is 32.2. The van der Waals surface area contributed by atoms with Gasteiger partial charge in [-0.25, -0.2) is 8.78 Å². The first-order chi connectivity index (χ1) is 10.1. The number of amides is 1. The lowest BCUT2D eigenvalue weighted by atomic mass is 10.2. The zero-order valence-corrected chi connectivity index (χ0v) is 12.7. The van der Waals surface area contributed by atoms with E-state index in [0.29, 0.717) is 23.6 Å². The zero-order valence-electron chi connectivity index (χ0n) is 11.9. The molecular weight excluding hydrogens is 296 g/mol. The molecule has 2 N–H and O–H groups in total. The lowest BCUT2D eigenvalue weighted by Crippen LogP contribution is -2.24. The van der Waals surface area contributed by atoms with Gasteiger partial charge in [-0.3, -0.25) is 4.79 Å². The number of nitrogens with one attached hydrogen (secondary N) is 1. The molecule has 0 heterocycles. The first-order valence-electron chi connectivity index (χ1n) is 7.09. The fourth-order valence-corrected chi connectivity index (χ4v) is 2.61. The van der Waals surface area contributed by atoms with Crippen LogP contribution in [0, 0.1) is 11.6 Å². The third kappa shape index (κ3) is 8.02. The van der Waals surface area contributed by atoms with Gasteiger partial charge in [0.05, 0.1) is 0 Å². The highest BCUT2D eigenvalue weighted by molar-refractivity contribution is 7.99. The minimum Gasteiger partial charge on any atom is -0.396 e. The quantitative estimate of drug-likeness (QED) is 0.515. The number of benzene rings is 1. The lowest BCUT2D eigenvalue weighted by Gasteiger charge is -2.05. The number of carbonyl (C=O) groups excluding carboxylic acids is 1. The van der Waals surface area contributed by atoms with Crippen molar-refractivity contribution in [1.82, 2.24) is 5.32 Å². The van der Waals surface area contributed by atoms with Crippen molar-refractivity contribution < 1.29 is 18.7 Å². The van der Waals surface area contributed by atoms with Crippen molar-refractivity contribution in [1.29, 1.82) is 0 Å². The van der Waals surface area contributed by atoms with Crippen LogP contribution in [0.25, 0.3) is 0 Å². The Balaban J connectivity index is 2.09. The first-order valence-corrected chi connectivity index (χ1v) is 8.07. The van der Waals surface area contributed by atoms with E-state index < -0.39 is 11.6 Å². The highest BCUT2D eigenvalue weighted by Crippen LogP contribution is 2.20. The monoisotopic (exact) mass is 317 g/mol. The second-order valence-electron chi connectivity index (χ2n) is 4.66. The number of unbranched alkanes of at least 4 members (excludes halogenated alkanes) is 3. The van der Waals surface area contributed by atoms with Crippen LogP contribution in [0.5, 0.6) is 0 Å². The molecule has 0 atom stereocenters. The molecule has 0 fully saturated rings. The van der Waals surface area contributed by atoms with E-state index in [1.165, 1.54) is 17.8 Å². The third-order valence-electron chi connectivity index (χ3n) is 2.90. The van der Waals surface area contributed by atoms with E-state index in [9.17, 15) is 13.6 Å². The largest absolute Gasteiger partial charge is 0.396 e. The predicted molar refractivity (Wildman–Crippen MR) is 80.3 cm³/mol. The van der Waals surface area contributed by atoms with E-state index in [-0.39, 0.29) is 12.5 Å². The summed E-state index contributed by atoms with van der Waals surface area (Å²) in [5.41, 5.74) is 0. The molecule has 0 aliphatic carbocycles. The molecular formula is C15H21F2NO2S. The summed E-state index contributed by atoms with van der Waals surface area (Å²) >= 11 is 1.33. The number of aliphatic hydroxyl groups excluding tert-OH is 1. The fourth-order valence-electron chi connectivity index (χ4n) is 1.73. The Hall–Kier alpha value is -1.14. The molecule has 1 aromatic rings. The summed E-state index contributed by atoms with van der Waals surface area (Å²) in [5.74, 6) is -1.24. The van der Waals surface area contributed by atoms with Crippen LogP contribution in [0.3, 0.4) is 0 Å². The SMILES string of the molecule is O=C(CCSc1ccc(F)c(F)c1)NCCCCCCO. The topological polar surface area (TPSA) is 49.3 Å². The molecule has 1 rings (SSSR count). The normalized spacial score (nSPS) is 10.6. The van der Waals surface area contributed by atoms with Crippen molar-refractivity contribution in [3.05, 3.63) is 29.8 Å². The molecule has 0 aliphatic heterocycles. The Morgan fingerprint density at radius 3 is 2.62 bits per heavy atom. The molecule has 21 heavy (non-hydrogen) atoms. The van der Waals surface area contributed by atoms with Crippen LogP contribution in [0.1, 0.15) is 32.1 Å². The maximum absolute atomic E-state index is 13.0. The Labute approximate surface area is 128 Å². The van der Waals surface area contributed by atoms with Gasteiger partial charge in [0.2, 0.25) is 5.91 Å². The van der Waals surface area contributed by atoms with E-state index in [1.807, 2.05) is 0 Å². The Morgan fingerprint density at radius 1 is 1.14 bits per heavy atom. The Bertz CT molecular complexity index is 444. The summed E-state index contributed by atoms with van der Waals surface area (Å²) in [7, 11) is 0. The zero-order chi connectivity index (χ0) is 15.5. The number of thioether (sulfide) groups is 1. The Kier molecular flexibility index (Phi) is 9.01. The van der Waals surface area contributed by atoms with Gasteiger partial charge in [0.15, 0.2) is 11.6 Å². The van der Waals surface area contributed by atoms with Gasteiger partial charge in [-0.15, -0.1) is 11.8 Å². The number of hydrogen-bond donors (Lipinski definition) is 2. The van der Waals surface area contributed by atoms with Crippen molar-refractivity contribution in [2.45, 2.75) is 37.0 Å². The highest BCUT2D eigenvalue weighted by Gasteiger charge is 2.05. The summed E-state index contributed by atoms with van der Waals surface area (Å²) in [6.07, 6.45) is 4.02.